The first-order valence-electron chi connectivity index (χ1n) is 8.13. The number of benzene rings is 2. The molecule has 0 amide bonds. The van der Waals surface area contributed by atoms with Crippen molar-refractivity contribution in [2.75, 3.05) is 0 Å². The van der Waals surface area contributed by atoms with Crippen LogP contribution in [0.25, 0.3) is 11.0 Å². The van der Waals surface area contributed by atoms with Crippen LogP contribution in [0, 0.1) is 10.1 Å². The van der Waals surface area contributed by atoms with Crippen LogP contribution in [0.5, 0.6) is 0 Å². The van der Waals surface area contributed by atoms with Crippen LogP contribution in [-0.4, -0.2) is 19.2 Å². The molecule has 130 valence electrons. The summed E-state index contributed by atoms with van der Waals surface area (Å²) in [6.45, 7) is 2.63. The maximum absolute atomic E-state index is 12.7. The van der Waals surface area contributed by atoms with E-state index in [9.17, 15) is 20.0 Å². The van der Waals surface area contributed by atoms with Crippen LogP contribution in [0.2, 0.25) is 0 Å². The summed E-state index contributed by atoms with van der Waals surface area (Å²) in [5.41, 5.74) is 1.70. The number of aliphatic hydroxyl groups is 1. The van der Waals surface area contributed by atoms with E-state index in [0.717, 1.165) is 17.5 Å². The van der Waals surface area contributed by atoms with Crippen LogP contribution in [0.4, 0.5) is 5.69 Å². The molecule has 3 aromatic rings. The third-order valence-corrected chi connectivity index (χ3v) is 4.19. The lowest BCUT2D eigenvalue weighted by Crippen LogP contribution is -2.26. The molecule has 0 aliphatic heterocycles. The van der Waals surface area contributed by atoms with Crippen LogP contribution in [0.15, 0.2) is 53.3 Å². The van der Waals surface area contributed by atoms with Gasteiger partial charge in [0.15, 0.2) is 0 Å². The lowest BCUT2D eigenvalue weighted by molar-refractivity contribution is -0.385. The van der Waals surface area contributed by atoms with E-state index < -0.39 is 11.0 Å². The van der Waals surface area contributed by atoms with Gasteiger partial charge in [0.25, 0.3) is 5.69 Å². The van der Waals surface area contributed by atoms with Gasteiger partial charge in [0.1, 0.15) is 0 Å². The number of nitrogens with zero attached hydrogens (tertiary/aromatic N) is 3. The molecule has 0 radical (unpaired) electrons. The van der Waals surface area contributed by atoms with Crippen molar-refractivity contribution in [1.29, 1.82) is 0 Å². The summed E-state index contributed by atoms with van der Waals surface area (Å²) in [6.07, 6.45) is -0.195. The second kappa shape index (κ2) is 6.90. The van der Waals surface area contributed by atoms with Crippen LogP contribution < -0.4 is 5.69 Å². The Hall–Kier alpha value is -2.93. The van der Waals surface area contributed by atoms with Crippen molar-refractivity contribution >= 4 is 16.7 Å². The highest BCUT2D eigenvalue weighted by Crippen LogP contribution is 2.22. The number of aliphatic hydroxyl groups excluding tert-OH is 1. The SMILES string of the molecule is CCCn1c(=O)n(CC(O)c2cccc([N+](=O)[O-])c2)c2ccccc21. The van der Waals surface area contributed by atoms with Gasteiger partial charge < -0.3 is 5.11 Å². The second-order valence-electron chi connectivity index (χ2n) is 5.90. The van der Waals surface area contributed by atoms with E-state index in [1.165, 1.54) is 22.8 Å². The summed E-state index contributed by atoms with van der Waals surface area (Å²) in [5.74, 6) is 0. The molecule has 0 saturated carbocycles. The quantitative estimate of drug-likeness (QED) is 0.551. The molecule has 1 N–H and O–H groups in total. The smallest absolute Gasteiger partial charge is 0.329 e. The molecular weight excluding hydrogens is 322 g/mol. The Balaban J connectivity index is 2.00. The minimum absolute atomic E-state index is 0.0389. The van der Waals surface area contributed by atoms with Gasteiger partial charge in [-0.05, 0) is 24.1 Å². The van der Waals surface area contributed by atoms with E-state index >= 15 is 0 Å². The average Bonchev–Trinajstić information content (AvgIpc) is 2.88. The number of nitro groups is 1. The molecule has 7 heteroatoms. The highest BCUT2D eigenvalue weighted by atomic mass is 16.6. The summed E-state index contributed by atoms with van der Waals surface area (Å²) >= 11 is 0. The largest absolute Gasteiger partial charge is 0.387 e. The van der Waals surface area contributed by atoms with Crippen molar-refractivity contribution in [3.05, 3.63) is 74.7 Å². The number of aryl methyl sites for hydroxylation is 1. The zero-order valence-corrected chi connectivity index (χ0v) is 13.8. The van der Waals surface area contributed by atoms with Crippen molar-refractivity contribution in [2.45, 2.75) is 32.5 Å². The van der Waals surface area contributed by atoms with E-state index in [0.29, 0.717) is 12.1 Å². The average molecular weight is 341 g/mol. The summed E-state index contributed by atoms with van der Waals surface area (Å²) < 4.78 is 3.21. The van der Waals surface area contributed by atoms with Gasteiger partial charge in [0.05, 0.1) is 28.6 Å². The first-order valence-corrected chi connectivity index (χ1v) is 8.13. The van der Waals surface area contributed by atoms with Gasteiger partial charge in [-0.1, -0.05) is 31.2 Å². The van der Waals surface area contributed by atoms with Gasteiger partial charge in [-0.3, -0.25) is 19.2 Å². The Morgan fingerprint density at radius 2 is 1.80 bits per heavy atom. The number of non-ortho nitro benzene ring substituents is 1. The van der Waals surface area contributed by atoms with Crippen LogP contribution in [0.3, 0.4) is 0 Å². The molecule has 1 aromatic heterocycles. The molecule has 3 rings (SSSR count). The molecular formula is C18H19N3O4. The zero-order chi connectivity index (χ0) is 18.0. The molecule has 7 nitrogen and oxygen atoms in total. The number of para-hydroxylation sites is 2. The maximum atomic E-state index is 12.7. The normalized spacial score (nSPS) is 12.4. The first kappa shape index (κ1) is 16.9. The van der Waals surface area contributed by atoms with E-state index in [-0.39, 0.29) is 17.9 Å². The number of fused-ring (bicyclic) bond motifs is 1. The number of hydrogen-bond donors (Lipinski definition) is 1. The zero-order valence-electron chi connectivity index (χ0n) is 13.8. The van der Waals surface area contributed by atoms with Gasteiger partial charge in [-0.2, -0.15) is 0 Å². The van der Waals surface area contributed by atoms with Gasteiger partial charge >= 0.3 is 5.69 Å². The molecule has 2 aromatic carbocycles. The van der Waals surface area contributed by atoms with Crippen LogP contribution in [-0.2, 0) is 13.1 Å². The third-order valence-electron chi connectivity index (χ3n) is 4.19. The third kappa shape index (κ3) is 3.18. The highest BCUT2D eigenvalue weighted by Gasteiger charge is 2.18. The Morgan fingerprint density at radius 3 is 2.44 bits per heavy atom. The number of hydrogen-bond acceptors (Lipinski definition) is 4. The Morgan fingerprint density at radius 1 is 1.12 bits per heavy atom. The second-order valence-corrected chi connectivity index (χ2v) is 5.90. The topological polar surface area (TPSA) is 90.3 Å². The van der Waals surface area contributed by atoms with E-state index in [4.69, 9.17) is 0 Å². The molecule has 0 aliphatic carbocycles. The summed E-state index contributed by atoms with van der Waals surface area (Å²) in [5, 5.41) is 21.4. The minimum Gasteiger partial charge on any atom is -0.387 e. The molecule has 0 bridgehead atoms. The summed E-state index contributed by atoms with van der Waals surface area (Å²) in [7, 11) is 0. The molecule has 1 atom stereocenters. The summed E-state index contributed by atoms with van der Waals surface area (Å²) in [4.78, 5) is 23.1. The molecule has 1 unspecified atom stereocenters. The molecule has 0 spiro atoms. The van der Waals surface area contributed by atoms with Gasteiger partial charge in [-0.15, -0.1) is 0 Å². The van der Waals surface area contributed by atoms with E-state index in [1.807, 2.05) is 31.2 Å². The predicted octanol–water partition coefficient (Wildman–Crippen LogP) is 2.85. The summed E-state index contributed by atoms with van der Waals surface area (Å²) in [6, 6.07) is 13.3. The van der Waals surface area contributed by atoms with Crippen molar-refractivity contribution in [3.63, 3.8) is 0 Å². The van der Waals surface area contributed by atoms with Crippen molar-refractivity contribution in [2.24, 2.45) is 0 Å². The van der Waals surface area contributed by atoms with Crippen LogP contribution in [0.1, 0.15) is 25.0 Å². The van der Waals surface area contributed by atoms with Crippen LogP contribution >= 0.6 is 0 Å². The Kier molecular flexibility index (Phi) is 4.67. The first-order chi connectivity index (χ1) is 12.0. The number of imidazole rings is 1. The fraction of sp³-hybridized carbons (Fsp3) is 0.278. The van der Waals surface area contributed by atoms with Crippen molar-refractivity contribution in [1.82, 2.24) is 9.13 Å². The lowest BCUT2D eigenvalue weighted by atomic mass is 10.1. The number of aromatic nitrogens is 2. The minimum atomic E-state index is -1.02. The van der Waals surface area contributed by atoms with Crippen molar-refractivity contribution in [3.8, 4) is 0 Å². The fourth-order valence-electron chi connectivity index (χ4n) is 3.01. The van der Waals surface area contributed by atoms with Crippen molar-refractivity contribution < 1.29 is 10.0 Å². The lowest BCUT2D eigenvalue weighted by Gasteiger charge is -2.12. The van der Waals surface area contributed by atoms with Gasteiger partial charge in [0.2, 0.25) is 0 Å². The van der Waals surface area contributed by atoms with E-state index in [2.05, 4.69) is 0 Å². The molecule has 0 fully saturated rings. The van der Waals surface area contributed by atoms with E-state index in [1.54, 1.807) is 10.6 Å². The maximum Gasteiger partial charge on any atom is 0.329 e. The molecule has 0 saturated heterocycles. The molecule has 1 heterocycles. The Labute approximate surface area is 143 Å². The van der Waals surface area contributed by atoms with Gasteiger partial charge in [0, 0.05) is 18.7 Å². The standard InChI is InChI=1S/C18H19N3O4/c1-2-10-19-15-8-3-4-9-16(15)20(18(19)23)12-17(22)13-6-5-7-14(11-13)21(24)25/h3-9,11,17,22H,2,10,12H2,1H3. The number of rotatable bonds is 6. The Bertz CT molecular complexity index is 974. The monoisotopic (exact) mass is 341 g/mol. The van der Waals surface area contributed by atoms with Gasteiger partial charge in [-0.25, -0.2) is 4.79 Å². The highest BCUT2D eigenvalue weighted by molar-refractivity contribution is 5.76. The molecule has 25 heavy (non-hydrogen) atoms. The predicted molar refractivity (Wildman–Crippen MR) is 94.5 cm³/mol. The fourth-order valence-corrected chi connectivity index (χ4v) is 3.01. The number of nitro benzene ring substituents is 1. The molecule has 0 aliphatic rings.